The van der Waals surface area contributed by atoms with Gasteiger partial charge in [0, 0.05) is 11.4 Å². The number of halogens is 1. The van der Waals surface area contributed by atoms with Crippen molar-refractivity contribution in [2.75, 3.05) is 7.11 Å². The van der Waals surface area contributed by atoms with Crippen molar-refractivity contribution in [3.05, 3.63) is 28.8 Å². The second-order valence-corrected chi connectivity index (χ2v) is 4.58. The number of hydrogen-bond acceptors (Lipinski definition) is 4. The van der Waals surface area contributed by atoms with Crippen LogP contribution in [0.3, 0.4) is 0 Å². The van der Waals surface area contributed by atoms with Crippen LogP contribution >= 0.6 is 11.6 Å². The number of nitrogens with one attached hydrogen (secondary N) is 1. The van der Waals surface area contributed by atoms with Crippen molar-refractivity contribution < 1.29 is 29.3 Å². The van der Waals surface area contributed by atoms with Crippen molar-refractivity contribution >= 4 is 29.4 Å². The van der Waals surface area contributed by atoms with Gasteiger partial charge in [-0.05, 0) is 24.6 Å². The highest BCUT2D eigenvalue weighted by Crippen LogP contribution is 2.23. The third-order valence-electron chi connectivity index (χ3n) is 2.66. The van der Waals surface area contributed by atoms with Gasteiger partial charge in [-0.3, -0.25) is 9.59 Å². The Morgan fingerprint density at radius 1 is 1.33 bits per heavy atom. The standard InChI is InChI=1S/C13H14ClNO6/c1-21-10-6-7(14)2-3-8(10)12(18)15-9(13(19)20)4-5-11(16)17/h2-3,6,9H,4-5H2,1H3,(H,15,18)(H,16,17)(H,19,20)/t9-/m0/s1. The summed E-state index contributed by atoms with van der Waals surface area (Å²) in [5, 5.41) is 20.2. The van der Waals surface area contributed by atoms with Gasteiger partial charge in [0.1, 0.15) is 11.8 Å². The average Bonchev–Trinajstić information content (AvgIpc) is 2.42. The maximum Gasteiger partial charge on any atom is 0.326 e. The molecule has 0 heterocycles. The molecule has 1 amide bonds. The number of carbonyl (C=O) groups excluding carboxylic acids is 1. The molecule has 0 aliphatic carbocycles. The van der Waals surface area contributed by atoms with E-state index < -0.39 is 23.9 Å². The smallest absolute Gasteiger partial charge is 0.326 e. The Bertz CT molecular complexity index is 560. The van der Waals surface area contributed by atoms with E-state index >= 15 is 0 Å². The molecule has 8 heteroatoms. The summed E-state index contributed by atoms with van der Waals surface area (Å²) >= 11 is 5.77. The predicted molar refractivity (Wildman–Crippen MR) is 73.8 cm³/mol. The Morgan fingerprint density at radius 3 is 2.52 bits per heavy atom. The van der Waals surface area contributed by atoms with Gasteiger partial charge in [0.25, 0.3) is 5.91 Å². The third-order valence-corrected chi connectivity index (χ3v) is 2.89. The number of ether oxygens (including phenoxy) is 1. The minimum Gasteiger partial charge on any atom is -0.496 e. The number of benzene rings is 1. The first-order chi connectivity index (χ1) is 9.85. The molecule has 0 saturated carbocycles. The van der Waals surface area contributed by atoms with Crippen molar-refractivity contribution in [1.82, 2.24) is 5.32 Å². The molecule has 1 aromatic rings. The minimum atomic E-state index is -1.31. The maximum atomic E-state index is 12.1. The van der Waals surface area contributed by atoms with Crippen LogP contribution in [0.25, 0.3) is 0 Å². The van der Waals surface area contributed by atoms with E-state index in [9.17, 15) is 14.4 Å². The Kier molecular flexibility index (Phi) is 5.98. The zero-order valence-electron chi connectivity index (χ0n) is 11.1. The van der Waals surface area contributed by atoms with Crippen LogP contribution in [-0.4, -0.2) is 41.2 Å². The molecule has 7 nitrogen and oxygen atoms in total. The van der Waals surface area contributed by atoms with Gasteiger partial charge in [0.2, 0.25) is 0 Å². The summed E-state index contributed by atoms with van der Waals surface area (Å²) in [4.78, 5) is 33.6. The van der Waals surface area contributed by atoms with Gasteiger partial charge in [0.15, 0.2) is 0 Å². The lowest BCUT2D eigenvalue weighted by atomic mass is 10.1. The first kappa shape index (κ1) is 16.8. The third kappa shape index (κ3) is 4.96. The van der Waals surface area contributed by atoms with Crippen LogP contribution in [0.1, 0.15) is 23.2 Å². The van der Waals surface area contributed by atoms with Crippen LogP contribution in [0.15, 0.2) is 18.2 Å². The van der Waals surface area contributed by atoms with E-state index in [2.05, 4.69) is 5.32 Å². The summed E-state index contributed by atoms with van der Waals surface area (Å²) in [6, 6.07) is 2.98. The molecule has 1 aromatic carbocycles. The summed E-state index contributed by atoms with van der Waals surface area (Å²) in [6.45, 7) is 0. The predicted octanol–water partition coefficient (Wildman–Crippen LogP) is 1.40. The molecular formula is C13H14ClNO6. The highest BCUT2D eigenvalue weighted by atomic mass is 35.5. The second-order valence-electron chi connectivity index (χ2n) is 4.14. The van der Waals surface area contributed by atoms with Crippen molar-refractivity contribution in [2.24, 2.45) is 0 Å². The molecule has 0 spiro atoms. The van der Waals surface area contributed by atoms with Gasteiger partial charge >= 0.3 is 11.9 Å². The largest absolute Gasteiger partial charge is 0.496 e. The zero-order chi connectivity index (χ0) is 16.0. The van der Waals surface area contributed by atoms with Crippen molar-refractivity contribution in [3.63, 3.8) is 0 Å². The molecular weight excluding hydrogens is 302 g/mol. The quantitative estimate of drug-likeness (QED) is 0.701. The Hall–Kier alpha value is -2.28. The lowest BCUT2D eigenvalue weighted by molar-refractivity contribution is -0.140. The fraction of sp³-hybridized carbons (Fsp3) is 0.308. The molecule has 1 rings (SSSR count). The van der Waals surface area contributed by atoms with E-state index in [4.69, 9.17) is 26.6 Å². The van der Waals surface area contributed by atoms with E-state index in [1.165, 1.54) is 25.3 Å². The molecule has 0 aliphatic rings. The number of rotatable bonds is 7. The van der Waals surface area contributed by atoms with Gasteiger partial charge in [-0.25, -0.2) is 4.79 Å². The van der Waals surface area contributed by atoms with Crippen molar-refractivity contribution in [3.8, 4) is 5.75 Å². The van der Waals surface area contributed by atoms with E-state index in [0.29, 0.717) is 5.02 Å². The topological polar surface area (TPSA) is 113 Å². The molecule has 0 fully saturated rings. The van der Waals surface area contributed by atoms with E-state index in [-0.39, 0.29) is 24.2 Å². The van der Waals surface area contributed by atoms with E-state index in [1.807, 2.05) is 0 Å². The van der Waals surface area contributed by atoms with Crippen molar-refractivity contribution in [1.29, 1.82) is 0 Å². The van der Waals surface area contributed by atoms with Gasteiger partial charge in [-0.15, -0.1) is 0 Å². The molecule has 114 valence electrons. The fourth-order valence-corrected chi connectivity index (χ4v) is 1.78. The molecule has 0 aliphatic heterocycles. The number of amides is 1. The molecule has 0 unspecified atom stereocenters. The summed E-state index contributed by atoms with van der Waals surface area (Å²) in [7, 11) is 1.35. The number of carboxylic acid groups (broad SMARTS) is 2. The SMILES string of the molecule is COc1cc(Cl)ccc1C(=O)N[C@@H](CCC(=O)O)C(=O)O. The molecule has 0 bridgehead atoms. The van der Waals surface area contributed by atoms with Gasteiger partial charge in [-0.2, -0.15) is 0 Å². The molecule has 0 radical (unpaired) electrons. The molecule has 3 N–H and O–H groups in total. The fourth-order valence-electron chi connectivity index (χ4n) is 1.61. The van der Waals surface area contributed by atoms with Crippen LogP contribution in [0, 0.1) is 0 Å². The lowest BCUT2D eigenvalue weighted by Gasteiger charge is -2.15. The average molecular weight is 316 g/mol. The van der Waals surface area contributed by atoms with Crippen LogP contribution < -0.4 is 10.1 Å². The maximum absolute atomic E-state index is 12.1. The van der Waals surface area contributed by atoms with Crippen LogP contribution in [-0.2, 0) is 9.59 Å². The normalized spacial score (nSPS) is 11.5. The lowest BCUT2D eigenvalue weighted by Crippen LogP contribution is -2.41. The summed E-state index contributed by atoms with van der Waals surface area (Å²) < 4.78 is 5.00. The minimum absolute atomic E-state index is 0.114. The molecule has 0 saturated heterocycles. The molecule has 1 atom stereocenters. The summed E-state index contributed by atoms with van der Waals surface area (Å²) in [5.74, 6) is -2.93. The number of carboxylic acids is 2. The first-order valence-corrected chi connectivity index (χ1v) is 6.32. The van der Waals surface area contributed by atoms with Crippen LogP contribution in [0.4, 0.5) is 0 Å². The first-order valence-electron chi connectivity index (χ1n) is 5.94. The number of hydrogen-bond donors (Lipinski definition) is 3. The van der Waals surface area contributed by atoms with E-state index in [1.54, 1.807) is 0 Å². The molecule has 21 heavy (non-hydrogen) atoms. The number of aliphatic carboxylic acids is 2. The number of methoxy groups -OCH3 is 1. The summed E-state index contributed by atoms with van der Waals surface area (Å²) in [6.07, 6.45) is -0.582. The Morgan fingerprint density at radius 2 is 2.00 bits per heavy atom. The van der Waals surface area contributed by atoms with Crippen LogP contribution in [0.2, 0.25) is 5.02 Å². The number of carbonyl (C=O) groups is 3. The second kappa shape index (κ2) is 7.49. The van der Waals surface area contributed by atoms with Gasteiger partial charge in [0.05, 0.1) is 12.7 Å². The highest BCUT2D eigenvalue weighted by molar-refractivity contribution is 6.30. The highest BCUT2D eigenvalue weighted by Gasteiger charge is 2.23. The Labute approximate surface area is 125 Å². The van der Waals surface area contributed by atoms with Crippen molar-refractivity contribution in [2.45, 2.75) is 18.9 Å². The molecule has 0 aromatic heterocycles. The summed E-state index contributed by atoms with van der Waals surface area (Å²) in [5.41, 5.74) is 0.114. The van der Waals surface area contributed by atoms with E-state index in [0.717, 1.165) is 0 Å². The monoisotopic (exact) mass is 315 g/mol. The van der Waals surface area contributed by atoms with Crippen LogP contribution in [0.5, 0.6) is 5.75 Å². The zero-order valence-corrected chi connectivity index (χ0v) is 11.9. The Balaban J connectivity index is 2.86. The van der Waals surface area contributed by atoms with Gasteiger partial charge in [-0.1, -0.05) is 11.6 Å². The van der Waals surface area contributed by atoms with Gasteiger partial charge < -0.3 is 20.3 Å².